The summed E-state index contributed by atoms with van der Waals surface area (Å²) in [5.41, 5.74) is 0.661. The Balaban J connectivity index is 1.82. The van der Waals surface area contributed by atoms with Crippen LogP contribution in [-0.2, 0) is 4.79 Å². The fraction of sp³-hybridized carbons (Fsp3) is 0.588. The second kappa shape index (κ2) is 8.66. The summed E-state index contributed by atoms with van der Waals surface area (Å²) in [4.78, 5) is 14.5. The van der Waals surface area contributed by atoms with E-state index >= 15 is 0 Å². The Bertz CT molecular complexity index is 506. The number of hydrogen-bond acceptors (Lipinski definition) is 4. The van der Waals surface area contributed by atoms with Gasteiger partial charge in [-0.3, -0.25) is 9.69 Å². The first kappa shape index (κ1) is 18.2. The Morgan fingerprint density at radius 1 is 1.30 bits per heavy atom. The molecule has 0 saturated carbocycles. The second-order valence-electron chi connectivity index (χ2n) is 6.04. The maximum atomic E-state index is 12.9. The van der Waals surface area contributed by atoms with Gasteiger partial charge in [0.1, 0.15) is 5.82 Å². The molecule has 3 unspecified atom stereocenters. The monoisotopic (exact) mass is 340 g/mol. The molecule has 128 valence electrons. The van der Waals surface area contributed by atoms with Gasteiger partial charge in [-0.25, -0.2) is 4.39 Å². The molecule has 1 saturated heterocycles. The van der Waals surface area contributed by atoms with Crippen LogP contribution in [0.5, 0.6) is 0 Å². The maximum Gasteiger partial charge on any atom is 0.237 e. The third kappa shape index (κ3) is 5.48. The molecule has 0 radical (unpaired) electrons. The lowest BCUT2D eigenvalue weighted by molar-refractivity contribution is -0.126. The van der Waals surface area contributed by atoms with E-state index in [0.29, 0.717) is 12.0 Å². The first-order chi connectivity index (χ1) is 11.0. The average molecular weight is 340 g/mol. The Morgan fingerprint density at radius 3 is 2.52 bits per heavy atom. The highest BCUT2D eigenvalue weighted by Gasteiger charge is 2.24. The number of hydrogen-bond donors (Lipinski definition) is 2. The molecule has 2 rings (SSSR count). The van der Waals surface area contributed by atoms with E-state index in [-0.39, 0.29) is 23.8 Å². The van der Waals surface area contributed by atoms with Gasteiger partial charge in [0.25, 0.3) is 0 Å². The molecule has 1 aromatic rings. The first-order valence-electron chi connectivity index (χ1n) is 8.03. The quantitative estimate of drug-likeness (QED) is 0.833. The highest BCUT2D eigenvalue weighted by molar-refractivity contribution is 7.99. The van der Waals surface area contributed by atoms with Crippen LogP contribution in [0.4, 0.5) is 4.39 Å². The van der Waals surface area contributed by atoms with Gasteiger partial charge >= 0.3 is 0 Å². The average Bonchev–Trinajstić information content (AvgIpc) is 2.55. The minimum Gasteiger partial charge on any atom is -0.388 e. The minimum atomic E-state index is -0.715. The van der Waals surface area contributed by atoms with Gasteiger partial charge in [-0.2, -0.15) is 11.8 Å². The lowest BCUT2D eigenvalue weighted by atomic mass is 10.0. The van der Waals surface area contributed by atoms with E-state index in [0.717, 1.165) is 24.6 Å². The smallest absolute Gasteiger partial charge is 0.237 e. The lowest BCUT2D eigenvalue weighted by Gasteiger charge is -2.32. The van der Waals surface area contributed by atoms with Crippen molar-refractivity contribution in [3.05, 3.63) is 35.6 Å². The standard InChI is InChI=1S/C17H25FN2O2S/c1-12(11-16(21)14-3-5-15(18)6-4-14)19-17(22)13(2)20-7-9-23-10-8-20/h3-6,12-13,16,21H,7-11H2,1-2H3,(H,19,22). The van der Waals surface area contributed by atoms with Crippen molar-refractivity contribution in [3.8, 4) is 0 Å². The Kier molecular flexibility index (Phi) is 6.87. The molecule has 3 atom stereocenters. The zero-order valence-corrected chi connectivity index (χ0v) is 14.5. The molecule has 6 heteroatoms. The number of carbonyl (C=O) groups is 1. The number of aliphatic hydroxyl groups excluding tert-OH is 1. The SMILES string of the molecule is CC(CC(O)c1ccc(F)cc1)NC(=O)C(C)N1CCSCC1. The lowest BCUT2D eigenvalue weighted by Crippen LogP contribution is -2.50. The number of nitrogens with zero attached hydrogens (tertiary/aromatic N) is 1. The highest BCUT2D eigenvalue weighted by atomic mass is 32.2. The second-order valence-corrected chi connectivity index (χ2v) is 7.26. The van der Waals surface area contributed by atoms with Crippen molar-refractivity contribution in [2.45, 2.75) is 38.5 Å². The van der Waals surface area contributed by atoms with Crippen molar-refractivity contribution >= 4 is 17.7 Å². The van der Waals surface area contributed by atoms with Gasteiger partial charge in [-0.1, -0.05) is 12.1 Å². The van der Waals surface area contributed by atoms with E-state index in [9.17, 15) is 14.3 Å². The molecule has 0 spiro atoms. The number of benzene rings is 1. The summed E-state index contributed by atoms with van der Waals surface area (Å²) in [5, 5.41) is 13.2. The Labute approximate surface area is 141 Å². The van der Waals surface area contributed by atoms with Crippen LogP contribution in [0.1, 0.15) is 31.9 Å². The van der Waals surface area contributed by atoms with Gasteiger partial charge in [-0.15, -0.1) is 0 Å². The van der Waals surface area contributed by atoms with Crippen molar-refractivity contribution in [3.63, 3.8) is 0 Å². The van der Waals surface area contributed by atoms with Crippen molar-refractivity contribution < 1.29 is 14.3 Å². The van der Waals surface area contributed by atoms with Crippen molar-refractivity contribution in [1.29, 1.82) is 0 Å². The van der Waals surface area contributed by atoms with E-state index < -0.39 is 6.10 Å². The molecular formula is C17H25FN2O2S. The van der Waals surface area contributed by atoms with Gasteiger partial charge in [0.05, 0.1) is 12.1 Å². The molecule has 2 N–H and O–H groups in total. The third-order valence-electron chi connectivity index (χ3n) is 4.19. The number of carbonyl (C=O) groups excluding carboxylic acids is 1. The summed E-state index contributed by atoms with van der Waals surface area (Å²) < 4.78 is 12.9. The van der Waals surface area contributed by atoms with Crippen LogP contribution in [0.25, 0.3) is 0 Å². The van der Waals surface area contributed by atoms with E-state index in [1.54, 1.807) is 12.1 Å². The van der Waals surface area contributed by atoms with Gasteiger partial charge in [-0.05, 0) is 38.0 Å². The predicted octanol–water partition coefficient (Wildman–Crippen LogP) is 2.19. The first-order valence-corrected chi connectivity index (χ1v) is 9.18. The number of aliphatic hydroxyl groups is 1. The molecule has 1 aliphatic heterocycles. The van der Waals surface area contributed by atoms with Gasteiger partial charge in [0, 0.05) is 30.6 Å². The molecule has 23 heavy (non-hydrogen) atoms. The molecule has 1 aromatic carbocycles. The Hall–Kier alpha value is -1.11. The summed E-state index contributed by atoms with van der Waals surface area (Å²) in [6, 6.07) is 5.51. The number of rotatable bonds is 6. The van der Waals surface area contributed by atoms with Gasteiger partial charge in [0.15, 0.2) is 0 Å². The predicted molar refractivity (Wildman–Crippen MR) is 91.9 cm³/mol. The van der Waals surface area contributed by atoms with Gasteiger partial charge < -0.3 is 10.4 Å². The summed E-state index contributed by atoms with van der Waals surface area (Å²) >= 11 is 1.92. The van der Waals surface area contributed by atoms with Gasteiger partial charge in [0.2, 0.25) is 5.91 Å². The molecule has 0 bridgehead atoms. The molecule has 1 amide bonds. The number of amides is 1. The van der Waals surface area contributed by atoms with Crippen molar-refractivity contribution in [1.82, 2.24) is 10.2 Å². The van der Waals surface area contributed by atoms with Crippen LogP contribution < -0.4 is 5.32 Å². The summed E-state index contributed by atoms with van der Waals surface area (Å²) in [6.07, 6.45) is -0.312. The highest BCUT2D eigenvalue weighted by Crippen LogP contribution is 2.19. The zero-order chi connectivity index (χ0) is 16.8. The number of thioether (sulfide) groups is 1. The fourth-order valence-corrected chi connectivity index (χ4v) is 3.64. The number of halogens is 1. The molecule has 1 fully saturated rings. The third-order valence-corrected chi connectivity index (χ3v) is 5.14. The Morgan fingerprint density at radius 2 is 1.91 bits per heavy atom. The van der Waals surface area contributed by atoms with E-state index in [1.807, 2.05) is 25.6 Å². The maximum absolute atomic E-state index is 12.9. The molecular weight excluding hydrogens is 315 g/mol. The van der Waals surface area contributed by atoms with E-state index in [4.69, 9.17) is 0 Å². The normalized spacial score (nSPS) is 19.8. The van der Waals surface area contributed by atoms with Crippen LogP contribution in [-0.4, -0.2) is 52.6 Å². The fourth-order valence-electron chi connectivity index (χ4n) is 2.71. The van der Waals surface area contributed by atoms with E-state index in [1.165, 1.54) is 12.1 Å². The molecule has 0 aromatic heterocycles. The summed E-state index contributed by atoms with van der Waals surface area (Å²) in [6.45, 7) is 5.68. The van der Waals surface area contributed by atoms with E-state index in [2.05, 4.69) is 10.2 Å². The zero-order valence-electron chi connectivity index (χ0n) is 13.7. The van der Waals surface area contributed by atoms with Crippen LogP contribution in [0, 0.1) is 5.82 Å². The molecule has 1 heterocycles. The topological polar surface area (TPSA) is 52.6 Å². The largest absolute Gasteiger partial charge is 0.388 e. The summed E-state index contributed by atoms with van der Waals surface area (Å²) in [7, 11) is 0. The minimum absolute atomic E-state index is 0.00398. The number of nitrogens with one attached hydrogen (secondary N) is 1. The van der Waals surface area contributed by atoms with Crippen LogP contribution >= 0.6 is 11.8 Å². The van der Waals surface area contributed by atoms with Crippen LogP contribution in [0.15, 0.2) is 24.3 Å². The van der Waals surface area contributed by atoms with Crippen LogP contribution in [0.2, 0.25) is 0 Å². The van der Waals surface area contributed by atoms with Crippen molar-refractivity contribution in [2.24, 2.45) is 0 Å². The molecule has 0 aliphatic carbocycles. The summed E-state index contributed by atoms with van der Waals surface area (Å²) in [5.74, 6) is 1.80. The molecule has 1 aliphatic rings. The molecule has 4 nitrogen and oxygen atoms in total. The van der Waals surface area contributed by atoms with Crippen molar-refractivity contribution in [2.75, 3.05) is 24.6 Å². The van der Waals surface area contributed by atoms with Crippen LogP contribution in [0.3, 0.4) is 0 Å².